The summed E-state index contributed by atoms with van der Waals surface area (Å²) in [5, 5.41) is 3.35. The number of aryl methyl sites for hydroxylation is 1. The molecule has 1 aliphatic heterocycles. The van der Waals surface area contributed by atoms with Gasteiger partial charge in [0, 0.05) is 11.6 Å². The fourth-order valence-electron chi connectivity index (χ4n) is 1.92. The van der Waals surface area contributed by atoms with E-state index in [2.05, 4.69) is 37.3 Å². The van der Waals surface area contributed by atoms with Gasteiger partial charge in [0.2, 0.25) is 0 Å². The van der Waals surface area contributed by atoms with Gasteiger partial charge in [0.25, 0.3) is 0 Å². The number of rotatable bonds is 1. The Labute approximate surface area is 85.8 Å². The average Bonchev–Trinajstić information content (AvgIpc) is 2.16. The van der Waals surface area contributed by atoms with E-state index in [1.54, 1.807) is 0 Å². The summed E-state index contributed by atoms with van der Waals surface area (Å²) >= 11 is 0. The molecule has 0 aliphatic carbocycles. The van der Waals surface area contributed by atoms with E-state index in [1.165, 1.54) is 11.1 Å². The molecule has 0 spiro atoms. The van der Waals surface area contributed by atoms with Crippen molar-refractivity contribution in [3.05, 3.63) is 29.3 Å². The lowest BCUT2D eigenvalue weighted by Gasteiger charge is -2.28. The smallest absolute Gasteiger partial charge is 0.443 e. The van der Waals surface area contributed by atoms with Gasteiger partial charge in [-0.3, -0.25) is 0 Å². The van der Waals surface area contributed by atoms with E-state index in [-0.39, 0.29) is 7.05 Å². The zero-order chi connectivity index (χ0) is 10.1. The molecule has 1 aromatic rings. The maximum Gasteiger partial charge on any atom is 0.443 e. The molecule has 1 aliphatic rings. The van der Waals surface area contributed by atoms with Gasteiger partial charge in [0.15, 0.2) is 0 Å². The van der Waals surface area contributed by atoms with Crippen molar-refractivity contribution >= 4 is 7.05 Å². The van der Waals surface area contributed by atoms with E-state index >= 15 is 0 Å². The highest BCUT2D eigenvalue weighted by Crippen LogP contribution is 2.30. The Kier molecular flexibility index (Phi) is 2.51. The second kappa shape index (κ2) is 3.66. The van der Waals surface area contributed by atoms with Gasteiger partial charge in [-0.05, 0) is 31.8 Å². The fraction of sp³-hybridized carbons (Fsp3) is 0.455. The van der Waals surface area contributed by atoms with Crippen LogP contribution in [0.3, 0.4) is 0 Å². The van der Waals surface area contributed by atoms with Crippen molar-refractivity contribution in [3.8, 4) is 5.75 Å². The maximum absolute atomic E-state index is 5.73. The molecule has 1 atom stereocenters. The lowest BCUT2D eigenvalue weighted by Crippen LogP contribution is -2.42. The van der Waals surface area contributed by atoms with Crippen LogP contribution in [0.2, 0.25) is 6.82 Å². The molecule has 0 radical (unpaired) electrons. The Balaban J connectivity index is 2.39. The van der Waals surface area contributed by atoms with Crippen LogP contribution < -0.4 is 9.88 Å². The molecule has 0 amide bonds. The first-order valence-corrected chi connectivity index (χ1v) is 5.26. The summed E-state index contributed by atoms with van der Waals surface area (Å²) < 4.78 is 5.73. The van der Waals surface area contributed by atoms with Crippen LogP contribution in [0.1, 0.15) is 31.0 Å². The third-order valence-corrected chi connectivity index (χ3v) is 2.74. The Hall–Kier alpha value is -0.955. The van der Waals surface area contributed by atoms with Crippen LogP contribution in [0.15, 0.2) is 18.2 Å². The highest BCUT2D eigenvalue weighted by atomic mass is 16.4. The lowest BCUT2D eigenvalue weighted by molar-refractivity contribution is 0.485. The zero-order valence-corrected chi connectivity index (χ0v) is 9.00. The van der Waals surface area contributed by atoms with Crippen molar-refractivity contribution in [2.75, 3.05) is 0 Å². The number of hydrogen-bond donors (Lipinski definition) is 1. The van der Waals surface area contributed by atoms with Gasteiger partial charge in [0.05, 0.1) is 0 Å². The molecule has 0 aromatic heterocycles. The van der Waals surface area contributed by atoms with E-state index in [9.17, 15) is 0 Å². The molecule has 1 N–H and O–H groups in total. The van der Waals surface area contributed by atoms with Crippen LogP contribution in [0.25, 0.3) is 0 Å². The van der Waals surface area contributed by atoms with Gasteiger partial charge in [-0.1, -0.05) is 19.1 Å². The summed E-state index contributed by atoms with van der Waals surface area (Å²) in [6.45, 7) is 6.37. The first-order chi connectivity index (χ1) is 6.70. The van der Waals surface area contributed by atoms with Gasteiger partial charge in [-0.15, -0.1) is 0 Å². The molecule has 0 saturated carbocycles. The third-order valence-electron chi connectivity index (χ3n) is 2.74. The van der Waals surface area contributed by atoms with Crippen LogP contribution in [-0.4, -0.2) is 7.05 Å². The maximum atomic E-state index is 5.73. The van der Waals surface area contributed by atoms with E-state index < -0.39 is 0 Å². The minimum absolute atomic E-state index is 0.115. The molecule has 1 unspecified atom stereocenters. The van der Waals surface area contributed by atoms with Crippen molar-refractivity contribution in [2.45, 2.75) is 33.1 Å². The predicted molar refractivity (Wildman–Crippen MR) is 59.6 cm³/mol. The van der Waals surface area contributed by atoms with Gasteiger partial charge in [-0.25, -0.2) is 0 Å². The van der Waals surface area contributed by atoms with E-state index in [1.807, 2.05) is 6.82 Å². The third kappa shape index (κ3) is 1.64. The van der Waals surface area contributed by atoms with Gasteiger partial charge in [-0.2, -0.15) is 0 Å². The van der Waals surface area contributed by atoms with Crippen molar-refractivity contribution in [3.63, 3.8) is 0 Å². The van der Waals surface area contributed by atoms with Crippen molar-refractivity contribution in [1.29, 1.82) is 0 Å². The van der Waals surface area contributed by atoms with Crippen molar-refractivity contribution < 1.29 is 4.65 Å². The Bertz CT molecular complexity index is 340. The van der Waals surface area contributed by atoms with Crippen LogP contribution in [0, 0.1) is 0 Å². The molecular formula is C11H16BNO. The second-order valence-corrected chi connectivity index (χ2v) is 3.87. The van der Waals surface area contributed by atoms with Crippen LogP contribution in [0.5, 0.6) is 5.75 Å². The predicted octanol–water partition coefficient (Wildman–Crippen LogP) is 2.41. The summed E-state index contributed by atoms with van der Waals surface area (Å²) in [7, 11) is 0.115. The van der Waals surface area contributed by atoms with Gasteiger partial charge >= 0.3 is 7.05 Å². The van der Waals surface area contributed by atoms with Crippen LogP contribution in [-0.2, 0) is 6.42 Å². The molecule has 74 valence electrons. The quantitative estimate of drug-likeness (QED) is 0.685. The first kappa shape index (κ1) is 9.59. The largest absolute Gasteiger partial charge is 0.546 e. The second-order valence-electron chi connectivity index (χ2n) is 3.87. The molecule has 0 saturated heterocycles. The van der Waals surface area contributed by atoms with Crippen LogP contribution >= 0.6 is 0 Å². The summed E-state index contributed by atoms with van der Waals surface area (Å²) in [6.07, 6.45) is 1.06. The number of nitrogens with one attached hydrogen (secondary N) is 1. The normalized spacial score (nSPS) is 20.2. The fourth-order valence-corrected chi connectivity index (χ4v) is 1.92. The average molecular weight is 189 g/mol. The van der Waals surface area contributed by atoms with E-state index in [4.69, 9.17) is 4.65 Å². The monoisotopic (exact) mass is 189 g/mol. The molecule has 14 heavy (non-hydrogen) atoms. The van der Waals surface area contributed by atoms with Crippen molar-refractivity contribution in [1.82, 2.24) is 5.23 Å². The Morgan fingerprint density at radius 3 is 3.00 bits per heavy atom. The molecule has 1 aromatic carbocycles. The minimum atomic E-state index is 0.115. The topological polar surface area (TPSA) is 21.3 Å². The minimum Gasteiger partial charge on any atom is -0.546 e. The first-order valence-electron chi connectivity index (χ1n) is 5.26. The molecule has 0 fully saturated rings. The molecule has 2 nitrogen and oxygen atoms in total. The molecule has 1 heterocycles. The highest BCUT2D eigenvalue weighted by Gasteiger charge is 2.24. The standard InChI is InChI=1S/C11H16BNO/c1-4-9-5-6-10-8(2)13-12(3)14-11(10)7-9/h5-8,13H,4H2,1-3H3. The van der Waals surface area contributed by atoms with Gasteiger partial charge in [0.1, 0.15) is 5.75 Å². The summed E-state index contributed by atoms with van der Waals surface area (Å²) in [5.41, 5.74) is 2.60. The Morgan fingerprint density at radius 2 is 2.29 bits per heavy atom. The van der Waals surface area contributed by atoms with Gasteiger partial charge < -0.3 is 9.88 Å². The number of fused-ring (bicyclic) bond motifs is 1. The molecular weight excluding hydrogens is 173 g/mol. The van der Waals surface area contributed by atoms with Crippen LogP contribution in [0.4, 0.5) is 0 Å². The van der Waals surface area contributed by atoms with E-state index in [0.717, 1.165) is 12.2 Å². The molecule has 0 bridgehead atoms. The molecule has 3 heteroatoms. The van der Waals surface area contributed by atoms with Crippen molar-refractivity contribution in [2.24, 2.45) is 0 Å². The highest BCUT2D eigenvalue weighted by molar-refractivity contribution is 6.48. The summed E-state index contributed by atoms with van der Waals surface area (Å²) in [6, 6.07) is 6.89. The number of hydrogen-bond acceptors (Lipinski definition) is 2. The zero-order valence-electron chi connectivity index (χ0n) is 9.00. The Morgan fingerprint density at radius 1 is 1.50 bits per heavy atom. The number of benzene rings is 1. The summed E-state index contributed by atoms with van der Waals surface area (Å²) in [4.78, 5) is 0. The lowest BCUT2D eigenvalue weighted by atomic mass is 9.82. The molecule has 2 rings (SSSR count). The summed E-state index contributed by atoms with van der Waals surface area (Å²) in [5.74, 6) is 1.04. The SMILES string of the molecule is CCc1ccc2c(c1)OB(C)NC2C. The van der Waals surface area contributed by atoms with E-state index in [0.29, 0.717) is 6.04 Å².